The molecule has 1 saturated heterocycles. The molecule has 200 valence electrons. The number of fused-ring (bicyclic) bond motifs is 1. The van der Waals surface area contributed by atoms with E-state index in [1.54, 1.807) is 18.3 Å². The molecule has 3 N–H and O–H groups in total. The summed E-state index contributed by atoms with van der Waals surface area (Å²) in [5, 5.41) is 7.63. The van der Waals surface area contributed by atoms with Crippen LogP contribution in [0.1, 0.15) is 18.9 Å². The molecule has 9 nitrogen and oxygen atoms in total. The van der Waals surface area contributed by atoms with Gasteiger partial charge in [-0.05, 0) is 55.3 Å². The Bertz CT molecular complexity index is 1490. The van der Waals surface area contributed by atoms with Gasteiger partial charge in [0, 0.05) is 54.8 Å². The van der Waals surface area contributed by atoms with Crippen molar-refractivity contribution >= 4 is 44.1 Å². The van der Waals surface area contributed by atoms with Gasteiger partial charge in [-0.15, -0.1) is 0 Å². The highest BCUT2D eigenvalue weighted by Gasteiger charge is 2.16. The topological polar surface area (TPSA) is 104 Å². The number of benzene rings is 2. The second kappa shape index (κ2) is 11.4. The normalized spacial score (nSPS) is 16.1. The number of aromatic nitrogens is 3. The minimum atomic E-state index is -3.64. The summed E-state index contributed by atoms with van der Waals surface area (Å²) >= 11 is 0. The minimum Gasteiger partial charge on any atom is -0.369 e. The monoisotopic (exact) mass is 537 g/mol. The van der Waals surface area contributed by atoms with Crippen LogP contribution < -0.4 is 20.3 Å². The molecule has 0 amide bonds. The number of hydrogen-bond acceptors (Lipinski definition) is 7. The molecular weight excluding hydrogens is 505 g/mol. The van der Waals surface area contributed by atoms with Crippen LogP contribution in [0.5, 0.6) is 0 Å². The van der Waals surface area contributed by atoms with E-state index in [-0.39, 0.29) is 12.2 Å². The zero-order chi connectivity index (χ0) is 26.5. The smallest absolute Gasteiger partial charge is 0.232 e. The van der Waals surface area contributed by atoms with Gasteiger partial charge in [0.2, 0.25) is 16.0 Å². The summed E-state index contributed by atoms with van der Waals surface area (Å²) < 4.78 is 41.8. The highest BCUT2D eigenvalue weighted by atomic mass is 32.2. The average Bonchev–Trinajstić information content (AvgIpc) is 3.31. The lowest BCUT2D eigenvalue weighted by Crippen LogP contribution is -2.49. The number of nitrogens with zero attached hydrogens (tertiary/aromatic N) is 4. The van der Waals surface area contributed by atoms with Crippen LogP contribution >= 0.6 is 0 Å². The highest BCUT2D eigenvalue weighted by Crippen LogP contribution is 2.24. The van der Waals surface area contributed by atoms with Gasteiger partial charge in [-0.25, -0.2) is 13.4 Å². The summed E-state index contributed by atoms with van der Waals surface area (Å²) in [6.07, 6.45) is 3.63. The van der Waals surface area contributed by atoms with Crippen molar-refractivity contribution < 1.29 is 12.8 Å². The van der Waals surface area contributed by atoms with Crippen LogP contribution in [-0.4, -0.2) is 61.1 Å². The van der Waals surface area contributed by atoms with Crippen molar-refractivity contribution in [3.05, 3.63) is 72.6 Å². The van der Waals surface area contributed by atoms with Crippen LogP contribution in [0.3, 0.4) is 0 Å². The second-order valence-corrected chi connectivity index (χ2v) is 11.4. The molecular formula is C27H32FN7O2S. The lowest BCUT2D eigenvalue weighted by Gasteiger charge is -2.33. The molecule has 1 aliphatic heterocycles. The van der Waals surface area contributed by atoms with Gasteiger partial charge in [-0.3, -0.25) is 9.11 Å². The number of rotatable bonds is 10. The van der Waals surface area contributed by atoms with E-state index in [1.807, 2.05) is 41.1 Å². The maximum atomic E-state index is 12.5. The molecule has 0 bridgehead atoms. The number of hydrogen-bond donors (Lipinski definition) is 3. The first-order chi connectivity index (χ1) is 18.4. The van der Waals surface area contributed by atoms with Gasteiger partial charge < -0.3 is 20.1 Å². The van der Waals surface area contributed by atoms with Crippen LogP contribution in [0.15, 0.2) is 67.0 Å². The third-order valence-electron chi connectivity index (χ3n) is 6.53. The highest BCUT2D eigenvalue weighted by molar-refractivity contribution is 7.92. The van der Waals surface area contributed by atoms with E-state index in [4.69, 9.17) is 4.98 Å². The standard InChI is InChI=1S/C27H32FN7O2S/c1-20-18-34(15-13-29-20)24-9-7-23(8-10-24)31-27-30-17-21-11-14-35(26(21)32-27)19-22-5-2-3-6-25(22)33-38(36,37)16-4-12-28/h2-3,5-11,14,17,20,29,33H,4,12-13,15-16,18-19H2,1H3,(H,30,31,32). The zero-order valence-corrected chi connectivity index (χ0v) is 22.1. The van der Waals surface area contributed by atoms with Crippen molar-refractivity contribution in [2.24, 2.45) is 0 Å². The fourth-order valence-corrected chi connectivity index (χ4v) is 5.74. The van der Waals surface area contributed by atoms with Gasteiger partial charge in [-0.1, -0.05) is 18.2 Å². The molecule has 3 heterocycles. The van der Waals surface area contributed by atoms with E-state index in [2.05, 4.69) is 44.3 Å². The molecule has 1 atom stereocenters. The maximum Gasteiger partial charge on any atom is 0.232 e. The van der Waals surface area contributed by atoms with Crippen LogP contribution in [0.25, 0.3) is 11.0 Å². The number of piperazine rings is 1. The van der Waals surface area contributed by atoms with Gasteiger partial charge >= 0.3 is 0 Å². The Morgan fingerprint density at radius 1 is 1.13 bits per heavy atom. The molecule has 1 unspecified atom stereocenters. The molecule has 2 aromatic heterocycles. The van der Waals surface area contributed by atoms with Gasteiger partial charge in [0.15, 0.2) is 0 Å². The van der Waals surface area contributed by atoms with Gasteiger partial charge in [-0.2, -0.15) is 4.98 Å². The quantitative estimate of drug-likeness (QED) is 0.280. The molecule has 0 spiro atoms. The van der Waals surface area contributed by atoms with Crippen LogP contribution in [-0.2, 0) is 16.6 Å². The third-order valence-corrected chi connectivity index (χ3v) is 7.89. The molecule has 2 aromatic carbocycles. The molecule has 1 aliphatic rings. The Morgan fingerprint density at radius 3 is 2.74 bits per heavy atom. The molecule has 1 fully saturated rings. The molecule has 5 rings (SSSR count). The summed E-state index contributed by atoms with van der Waals surface area (Å²) in [5.41, 5.74) is 4.05. The van der Waals surface area contributed by atoms with Crippen molar-refractivity contribution in [2.45, 2.75) is 25.9 Å². The Morgan fingerprint density at radius 2 is 1.95 bits per heavy atom. The largest absolute Gasteiger partial charge is 0.369 e. The summed E-state index contributed by atoms with van der Waals surface area (Å²) in [6.45, 7) is 4.86. The number of anilines is 4. The predicted molar refractivity (Wildman–Crippen MR) is 150 cm³/mol. The van der Waals surface area contributed by atoms with Gasteiger partial charge in [0.05, 0.1) is 24.7 Å². The van der Waals surface area contributed by atoms with Crippen LogP contribution in [0.4, 0.5) is 27.4 Å². The molecule has 11 heteroatoms. The molecule has 4 aromatic rings. The van der Waals surface area contributed by atoms with Crippen molar-refractivity contribution in [1.82, 2.24) is 19.9 Å². The van der Waals surface area contributed by atoms with Gasteiger partial charge in [0.25, 0.3) is 0 Å². The first-order valence-electron chi connectivity index (χ1n) is 12.7. The fraction of sp³-hybridized carbons (Fsp3) is 0.333. The van der Waals surface area contributed by atoms with Crippen molar-refractivity contribution in [1.29, 1.82) is 0 Å². The van der Waals surface area contributed by atoms with E-state index in [9.17, 15) is 12.8 Å². The van der Waals surface area contributed by atoms with Crippen molar-refractivity contribution in [3.8, 4) is 0 Å². The number of halogens is 1. The SMILES string of the molecule is CC1CN(c2ccc(Nc3ncc4ccn(Cc5ccccc5NS(=O)(=O)CCCF)c4n3)cc2)CCN1. The van der Waals surface area contributed by atoms with Crippen molar-refractivity contribution in [3.63, 3.8) is 0 Å². The van der Waals surface area contributed by atoms with E-state index < -0.39 is 16.7 Å². The number of para-hydroxylation sites is 1. The summed E-state index contributed by atoms with van der Waals surface area (Å²) in [4.78, 5) is 11.6. The fourth-order valence-electron chi connectivity index (χ4n) is 4.61. The molecule has 0 aliphatic carbocycles. The number of alkyl halides is 1. The van der Waals surface area contributed by atoms with E-state index in [0.29, 0.717) is 24.2 Å². The predicted octanol–water partition coefficient (Wildman–Crippen LogP) is 4.12. The number of nitrogens with one attached hydrogen (secondary N) is 3. The lowest BCUT2D eigenvalue weighted by atomic mass is 10.2. The molecule has 38 heavy (non-hydrogen) atoms. The molecule has 0 radical (unpaired) electrons. The van der Waals surface area contributed by atoms with Crippen LogP contribution in [0.2, 0.25) is 0 Å². The lowest BCUT2D eigenvalue weighted by molar-refractivity contribution is 0.484. The minimum absolute atomic E-state index is 0.0376. The summed E-state index contributed by atoms with van der Waals surface area (Å²) in [6, 6.07) is 17.8. The molecule has 0 saturated carbocycles. The zero-order valence-electron chi connectivity index (χ0n) is 21.3. The first kappa shape index (κ1) is 25.9. The van der Waals surface area contributed by atoms with Crippen LogP contribution in [0, 0.1) is 0 Å². The Kier molecular flexibility index (Phi) is 7.75. The third kappa shape index (κ3) is 6.22. The Hall–Kier alpha value is -3.70. The Labute approximate surface area is 222 Å². The van der Waals surface area contributed by atoms with E-state index in [1.165, 1.54) is 5.69 Å². The second-order valence-electron chi connectivity index (χ2n) is 9.51. The summed E-state index contributed by atoms with van der Waals surface area (Å²) in [5.74, 6) is 0.211. The number of sulfonamides is 1. The van der Waals surface area contributed by atoms with E-state index in [0.717, 1.165) is 41.9 Å². The van der Waals surface area contributed by atoms with Gasteiger partial charge in [0.1, 0.15) is 5.65 Å². The average molecular weight is 538 g/mol. The first-order valence-corrected chi connectivity index (χ1v) is 14.4. The van der Waals surface area contributed by atoms with E-state index >= 15 is 0 Å². The van der Waals surface area contributed by atoms with Crippen molar-refractivity contribution in [2.75, 3.05) is 47.0 Å². The maximum absolute atomic E-state index is 12.5. The Balaban J connectivity index is 1.32. The summed E-state index contributed by atoms with van der Waals surface area (Å²) in [7, 11) is -3.64.